The number of ether oxygens (including phenoxy) is 1. The Morgan fingerprint density at radius 1 is 1.41 bits per heavy atom. The van der Waals surface area contributed by atoms with E-state index < -0.39 is 19.0 Å². The van der Waals surface area contributed by atoms with Crippen LogP contribution in [0, 0.1) is 0 Å². The maximum Gasteiger partial charge on any atom is 0.547 e. The molecule has 11 heteroatoms. The molecule has 0 bridgehead atoms. The molecular weight excluding hydrogens is 413 g/mol. The van der Waals surface area contributed by atoms with Crippen LogP contribution in [0.2, 0.25) is 0 Å². The topological polar surface area (TPSA) is 124 Å². The van der Waals surface area contributed by atoms with Gasteiger partial charge in [0.2, 0.25) is 5.91 Å². The first kappa shape index (κ1) is 23.9. The van der Waals surface area contributed by atoms with Crippen LogP contribution in [0.25, 0.3) is 0 Å². The van der Waals surface area contributed by atoms with Crippen LogP contribution < -0.4 is 26.2 Å². The summed E-state index contributed by atoms with van der Waals surface area (Å²) in [7, 11) is -1.28. The van der Waals surface area contributed by atoms with Crippen LogP contribution in [0.3, 0.4) is 0 Å². The molecule has 10 nitrogen and oxygen atoms in total. The molecule has 2 aliphatic heterocycles. The van der Waals surface area contributed by atoms with Gasteiger partial charge < -0.3 is 30.5 Å². The van der Waals surface area contributed by atoms with E-state index in [0.717, 1.165) is 24.1 Å². The normalized spacial score (nSPS) is 17.4. The van der Waals surface area contributed by atoms with Gasteiger partial charge in [-0.2, -0.15) is 0 Å². The zero-order valence-corrected chi connectivity index (χ0v) is 18.8. The number of nitrogens with one attached hydrogen (secondary N) is 4. The van der Waals surface area contributed by atoms with E-state index >= 15 is 0 Å². The Morgan fingerprint density at radius 2 is 2.22 bits per heavy atom. The number of rotatable bonds is 10. The molecule has 1 atom stereocenters. The number of carbonyl (C=O) groups is 2. The van der Waals surface area contributed by atoms with Gasteiger partial charge in [-0.05, 0) is 24.5 Å². The fraction of sp³-hybridized carbons (Fsp3) is 0.524. The highest BCUT2D eigenvalue weighted by atomic mass is 16.5. The molecular formula is C21H32BN5O5. The minimum absolute atomic E-state index is 0.0536. The predicted octanol–water partition coefficient (Wildman–Crippen LogP) is 0.247. The number of esters is 1. The van der Waals surface area contributed by atoms with E-state index in [-0.39, 0.29) is 18.0 Å². The van der Waals surface area contributed by atoms with Crippen molar-refractivity contribution >= 4 is 19.0 Å². The van der Waals surface area contributed by atoms with Gasteiger partial charge in [0, 0.05) is 18.8 Å². The highest BCUT2D eigenvalue weighted by molar-refractivity contribution is 6.47. The fourth-order valence-electron chi connectivity index (χ4n) is 3.39. The van der Waals surface area contributed by atoms with Crippen molar-refractivity contribution in [2.45, 2.75) is 52.0 Å². The number of hydrogen-bond donors (Lipinski definition) is 5. The van der Waals surface area contributed by atoms with Crippen LogP contribution in [0.4, 0.5) is 0 Å². The van der Waals surface area contributed by atoms with Crippen LogP contribution in [-0.4, -0.2) is 60.7 Å². The van der Waals surface area contributed by atoms with E-state index in [1.54, 1.807) is 17.1 Å². The van der Waals surface area contributed by atoms with E-state index in [2.05, 4.69) is 35.4 Å². The van der Waals surface area contributed by atoms with Gasteiger partial charge in [0.1, 0.15) is 17.9 Å². The second-order valence-corrected chi connectivity index (χ2v) is 8.22. The van der Waals surface area contributed by atoms with Gasteiger partial charge in [-0.1, -0.05) is 39.3 Å². The molecule has 2 heterocycles. The number of unbranched alkanes of at least 4 members (excludes halogenated alkanes) is 1. The van der Waals surface area contributed by atoms with Crippen LogP contribution in [-0.2, 0) is 16.0 Å². The molecule has 3 rings (SSSR count). The summed E-state index contributed by atoms with van der Waals surface area (Å²) >= 11 is 0. The van der Waals surface area contributed by atoms with Crippen molar-refractivity contribution in [3.05, 3.63) is 41.2 Å². The number of fused-ring (bicyclic) bond motifs is 1. The Labute approximate surface area is 188 Å². The lowest BCUT2D eigenvalue weighted by Crippen LogP contribution is -2.55. The molecule has 2 aliphatic rings. The third kappa shape index (κ3) is 6.38. The Morgan fingerprint density at radius 3 is 2.97 bits per heavy atom. The van der Waals surface area contributed by atoms with Crippen LogP contribution in [0.1, 0.15) is 49.5 Å². The Hall–Kier alpha value is -2.76. The smallest absolute Gasteiger partial charge is 0.534 e. The van der Waals surface area contributed by atoms with Gasteiger partial charge in [-0.15, -0.1) is 5.53 Å². The molecule has 0 saturated carbocycles. The Balaban J connectivity index is 1.56. The number of hydrogen-bond acceptors (Lipinski definition) is 9. The zero-order valence-electron chi connectivity index (χ0n) is 18.8. The van der Waals surface area contributed by atoms with E-state index in [1.807, 2.05) is 19.2 Å². The molecule has 0 unspecified atom stereocenters. The fourth-order valence-corrected chi connectivity index (χ4v) is 3.39. The number of para-hydroxylation sites is 1. The van der Waals surface area contributed by atoms with E-state index in [0.29, 0.717) is 31.4 Å². The summed E-state index contributed by atoms with van der Waals surface area (Å²) in [5.74, 6) is -1.09. The molecule has 174 valence electrons. The summed E-state index contributed by atoms with van der Waals surface area (Å²) in [4.78, 5) is 24.9. The molecule has 0 aromatic heterocycles. The van der Waals surface area contributed by atoms with E-state index in [1.165, 1.54) is 0 Å². The average molecular weight is 445 g/mol. The second kappa shape index (κ2) is 11.2. The lowest BCUT2D eigenvalue weighted by molar-refractivity contribution is -0.122. The molecule has 0 radical (unpaired) electrons. The van der Waals surface area contributed by atoms with Gasteiger partial charge in [0.05, 0.1) is 18.2 Å². The standard InChI is InChI=1S/C21H32BN5O5/c1-4-5-9-31-21(29)17-8-6-7-15-10-18(22(30)32-20(15)17)24-19(28)13-27-12-16(25-26-27)11-23-14(2)3/h6-8,12,14,18,23,25-26,30H,4-5,9-11,13H2,1-3H3,(H,24,28)/t18-/m0/s1. The predicted molar refractivity (Wildman–Crippen MR) is 120 cm³/mol. The van der Waals surface area contributed by atoms with Gasteiger partial charge in [0.15, 0.2) is 0 Å². The zero-order chi connectivity index (χ0) is 23.1. The number of carbonyl (C=O) groups excluding carboxylic acids is 2. The van der Waals surface area contributed by atoms with E-state index in [9.17, 15) is 14.6 Å². The SMILES string of the molecule is CCCCOC(=O)c1cccc2c1OB(O)[C@@H](NC(=O)CN1C=C(CNC(C)C)NN1)C2. The first-order valence-electron chi connectivity index (χ1n) is 11.0. The van der Waals surface area contributed by atoms with Crippen molar-refractivity contribution in [3.8, 4) is 5.75 Å². The summed E-state index contributed by atoms with van der Waals surface area (Å²) in [5, 5.41) is 18.2. The lowest BCUT2D eigenvalue weighted by Gasteiger charge is -2.29. The van der Waals surface area contributed by atoms with Crippen molar-refractivity contribution in [1.29, 1.82) is 0 Å². The lowest BCUT2D eigenvalue weighted by atomic mass is 9.72. The Kier molecular flexibility index (Phi) is 8.37. The average Bonchev–Trinajstić information content (AvgIpc) is 3.19. The van der Waals surface area contributed by atoms with Crippen molar-refractivity contribution in [1.82, 2.24) is 26.6 Å². The molecule has 5 N–H and O–H groups in total. The number of amides is 1. The summed E-state index contributed by atoms with van der Waals surface area (Å²) < 4.78 is 10.9. The van der Waals surface area contributed by atoms with Crippen LogP contribution >= 0.6 is 0 Å². The molecule has 32 heavy (non-hydrogen) atoms. The van der Waals surface area contributed by atoms with Gasteiger partial charge in [-0.3, -0.25) is 9.80 Å². The van der Waals surface area contributed by atoms with Gasteiger partial charge in [0.25, 0.3) is 0 Å². The maximum absolute atomic E-state index is 12.5. The largest absolute Gasteiger partial charge is 0.547 e. The highest BCUT2D eigenvalue weighted by Gasteiger charge is 2.38. The molecule has 0 aliphatic carbocycles. The van der Waals surface area contributed by atoms with Crippen molar-refractivity contribution in [2.75, 3.05) is 19.7 Å². The first-order valence-corrected chi connectivity index (χ1v) is 11.0. The van der Waals surface area contributed by atoms with Crippen LogP contribution in [0.5, 0.6) is 5.75 Å². The summed E-state index contributed by atoms with van der Waals surface area (Å²) in [6, 6.07) is 5.52. The van der Waals surface area contributed by atoms with Crippen molar-refractivity contribution in [3.63, 3.8) is 0 Å². The van der Waals surface area contributed by atoms with Gasteiger partial charge in [-0.25, -0.2) is 4.79 Å². The summed E-state index contributed by atoms with van der Waals surface area (Å²) in [5.41, 5.74) is 7.84. The van der Waals surface area contributed by atoms with Gasteiger partial charge >= 0.3 is 13.1 Å². The Bertz CT molecular complexity index is 850. The molecule has 1 amide bonds. The maximum atomic E-state index is 12.5. The quantitative estimate of drug-likeness (QED) is 0.196. The third-order valence-corrected chi connectivity index (χ3v) is 5.10. The molecule has 0 fully saturated rings. The number of hydrazine groups is 2. The van der Waals surface area contributed by atoms with E-state index in [4.69, 9.17) is 9.39 Å². The summed E-state index contributed by atoms with van der Waals surface area (Å²) in [6.45, 7) is 7.17. The number of benzene rings is 1. The monoisotopic (exact) mass is 445 g/mol. The van der Waals surface area contributed by atoms with Crippen molar-refractivity contribution < 1.29 is 24.0 Å². The highest BCUT2D eigenvalue weighted by Crippen LogP contribution is 2.30. The number of nitrogens with zero attached hydrogens (tertiary/aromatic N) is 1. The van der Waals surface area contributed by atoms with Crippen LogP contribution in [0.15, 0.2) is 30.1 Å². The first-order chi connectivity index (χ1) is 15.4. The molecule has 1 aromatic carbocycles. The summed E-state index contributed by atoms with van der Waals surface area (Å²) in [6.07, 6.45) is 3.86. The minimum atomic E-state index is -1.28. The van der Waals surface area contributed by atoms with Crippen molar-refractivity contribution in [2.24, 2.45) is 0 Å². The third-order valence-electron chi connectivity index (χ3n) is 5.10. The molecule has 0 saturated heterocycles. The molecule has 1 aromatic rings. The molecule has 0 spiro atoms. The second-order valence-electron chi connectivity index (χ2n) is 8.22. The minimum Gasteiger partial charge on any atom is -0.534 e.